The second-order valence-corrected chi connectivity index (χ2v) is 5.04. The fourth-order valence-electron chi connectivity index (χ4n) is 1.43. The Labute approximate surface area is 108 Å². The average Bonchev–Trinajstić information content (AvgIpc) is 2.24. The van der Waals surface area contributed by atoms with Gasteiger partial charge < -0.3 is 10.6 Å². The third-order valence-electron chi connectivity index (χ3n) is 2.34. The number of nitrogens with one attached hydrogen (secondary N) is 1. The number of benzene rings is 1. The normalized spacial score (nSPS) is 12.1. The molecule has 0 aliphatic heterocycles. The molecule has 0 saturated heterocycles. The van der Waals surface area contributed by atoms with Gasteiger partial charge in [-0.15, -0.1) is 0 Å². The highest BCUT2D eigenvalue weighted by Gasteiger charge is 2.41. The van der Waals surface area contributed by atoms with Gasteiger partial charge in [-0.1, -0.05) is 20.8 Å². The van der Waals surface area contributed by atoms with E-state index >= 15 is 0 Å². The molecule has 19 heavy (non-hydrogen) atoms. The first-order valence-corrected chi connectivity index (χ1v) is 5.46. The molecule has 0 saturated carbocycles. The van der Waals surface area contributed by atoms with Crippen LogP contribution in [-0.4, -0.2) is 12.1 Å². The third kappa shape index (κ3) is 4.04. The van der Waals surface area contributed by atoms with Crippen LogP contribution in [0.1, 0.15) is 26.3 Å². The van der Waals surface area contributed by atoms with E-state index in [0.717, 1.165) is 0 Å². The zero-order valence-corrected chi connectivity index (χ0v) is 10.8. The maximum absolute atomic E-state index is 12.0. The summed E-state index contributed by atoms with van der Waals surface area (Å²) in [6, 6.07) is 4.57. The van der Waals surface area contributed by atoms with Crippen LogP contribution in [0.15, 0.2) is 18.2 Å². The lowest BCUT2D eigenvalue weighted by molar-refractivity contribution is -0.196. The fourth-order valence-corrected chi connectivity index (χ4v) is 1.43. The van der Waals surface area contributed by atoms with Gasteiger partial charge in [0.05, 0.1) is 5.69 Å². The van der Waals surface area contributed by atoms with Gasteiger partial charge in [0, 0.05) is 5.69 Å². The van der Waals surface area contributed by atoms with Crippen LogP contribution in [0.5, 0.6) is 0 Å². The zero-order chi connectivity index (χ0) is 14.8. The minimum absolute atomic E-state index is 0.263. The molecule has 0 aromatic heterocycles. The monoisotopic (exact) mass is 276 g/mol. The van der Waals surface area contributed by atoms with Crippen molar-refractivity contribution in [1.29, 1.82) is 0 Å². The molecule has 0 unspecified atom stereocenters. The number of carbonyl (C=O) groups excluding carboxylic acids is 1. The Morgan fingerprint density at radius 3 is 2.32 bits per heavy atom. The van der Waals surface area contributed by atoms with Gasteiger partial charge in [0.1, 0.15) is 0 Å². The largest absolute Gasteiger partial charge is 0.493 e. The summed E-state index contributed by atoms with van der Waals surface area (Å²) < 4.78 is 36.0. The second-order valence-electron chi connectivity index (χ2n) is 5.04. The van der Waals surface area contributed by atoms with Crippen molar-refractivity contribution in [2.45, 2.75) is 32.4 Å². The molecule has 1 rings (SSSR count). The van der Waals surface area contributed by atoms with Gasteiger partial charge in [0.15, 0.2) is 0 Å². The van der Waals surface area contributed by atoms with E-state index in [4.69, 9.17) is 5.73 Å². The smallest absolute Gasteiger partial charge is 0.399 e. The zero-order valence-electron chi connectivity index (χ0n) is 10.8. The highest BCUT2D eigenvalue weighted by Crippen LogP contribution is 2.31. The van der Waals surface area contributed by atoms with Crippen LogP contribution in [0.4, 0.5) is 24.5 Å². The molecule has 0 aliphatic rings. The first-order chi connectivity index (χ1) is 8.51. The Hall–Kier alpha value is -1.92. The first-order valence-electron chi connectivity index (χ1n) is 5.46. The minimum atomic E-state index is -5.04. The van der Waals surface area contributed by atoms with Crippen LogP contribution in [0.25, 0.3) is 0 Å². The molecule has 3 N–H and O–H groups in total. The number of anilines is 2. The number of nitrogens with two attached hydrogens (primary N) is 1. The van der Waals surface area contributed by atoms with E-state index in [1.807, 2.05) is 26.3 Å². The standard InChI is InChI=1S/C12H15F3N2O2/c1-11(2,3)8-6-7(16)4-5-9(8)17-19-10(18)12(13,14)15/h4-6,17H,16H2,1-3H3. The van der Waals surface area contributed by atoms with E-state index in [1.54, 1.807) is 6.07 Å². The van der Waals surface area contributed by atoms with Crippen molar-refractivity contribution in [2.24, 2.45) is 0 Å². The predicted molar refractivity (Wildman–Crippen MR) is 65.3 cm³/mol. The Morgan fingerprint density at radius 2 is 1.84 bits per heavy atom. The van der Waals surface area contributed by atoms with Crippen LogP contribution in [0.2, 0.25) is 0 Å². The lowest BCUT2D eigenvalue weighted by Gasteiger charge is -2.23. The van der Waals surface area contributed by atoms with E-state index < -0.39 is 12.1 Å². The summed E-state index contributed by atoms with van der Waals surface area (Å²) in [5.74, 6) is -2.30. The fraction of sp³-hybridized carbons (Fsp3) is 0.417. The van der Waals surface area contributed by atoms with Gasteiger partial charge >= 0.3 is 12.1 Å². The van der Waals surface area contributed by atoms with Crippen molar-refractivity contribution in [2.75, 3.05) is 11.2 Å². The average molecular weight is 276 g/mol. The number of rotatable bonds is 2. The Morgan fingerprint density at radius 1 is 1.26 bits per heavy atom. The summed E-state index contributed by atoms with van der Waals surface area (Å²) in [5.41, 5.74) is 8.66. The molecule has 0 spiro atoms. The molecule has 1 aromatic carbocycles. The van der Waals surface area contributed by atoms with Gasteiger partial charge in [-0.25, -0.2) is 10.3 Å². The minimum Gasteiger partial charge on any atom is -0.399 e. The summed E-state index contributed by atoms with van der Waals surface area (Å²) in [5, 5.41) is 0. The highest BCUT2D eigenvalue weighted by atomic mass is 19.4. The number of carbonyl (C=O) groups is 1. The van der Waals surface area contributed by atoms with Crippen LogP contribution < -0.4 is 11.2 Å². The molecule has 0 amide bonds. The van der Waals surface area contributed by atoms with Gasteiger partial charge in [0.2, 0.25) is 0 Å². The summed E-state index contributed by atoms with van der Waals surface area (Å²) in [7, 11) is 0. The number of halogens is 3. The van der Waals surface area contributed by atoms with Crippen LogP contribution in [-0.2, 0) is 15.0 Å². The second kappa shape index (κ2) is 4.99. The lowest BCUT2D eigenvalue weighted by atomic mass is 9.85. The van der Waals surface area contributed by atoms with Gasteiger partial charge in [-0.2, -0.15) is 13.2 Å². The van der Waals surface area contributed by atoms with E-state index in [-0.39, 0.29) is 11.1 Å². The third-order valence-corrected chi connectivity index (χ3v) is 2.34. The van der Waals surface area contributed by atoms with E-state index in [1.165, 1.54) is 12.1 Å². The highest BCUT2D eigenvalue weighted by molar-refractivity contribution is 5.76. The molecule has 106 valence electrons. The Bertz CT molecular complexity index is 479. The van der Waals surface area contributed by atoms with E-state index in [9.17, 15) is 18.0 Å². The van der Waals surface area contributed by atoms with Crippen molar-refractivity contribution in [3.63, 3.8) is 0 Å². The number of alkyl halides is 3. The summed E-state index contributed by atoms with van der Waals surface area (Å²) in [4.78, 5) is 14.6. The van der Waals surface area contributed by atoms with Crippen molar-refractivity contribution in [1.82, 2.24) is 0 Å². The molecule has 0 atom stereocenters. The molecule has 0 radical (unpaired) electrons. The molecule has 4 nitrogen and oxygen atoms in total. The molecule has 7 heteroatoms. The maximum atomic E-state index is 12.0. The summed E-state index contributed by atoms with van der Waals surface area (Å²) in [6.07, 6.45) is -5.04. The molecular formula is C12H15F3N2O2. The molecule has 0 aliphatic carbocycles. The number of nitrogen functional groups attached to an aromatic ring is 1. The predicted octanol–water partition coefficient (Wildman–Crippen LogP) is 3.00. The number of hydrogen-bond acceptors (Lipinski definition) is 4. The Balaban J connectivity index is 2.94. The summed E-state index contributed by atoms with van der Waals surface area (Å²) in [6.45, 7) is 5.58. The number of hydrogen-bond donors (Lipinski definition) is 2. The van der Waals surface area contributed by atoms with Crippen molar-refractivity contribution in [3.05, 3.63) is 23.8 Å². The van der Waals surface area contributed by atoms with Crippen molar-refractivity contribution >= 4 is 17.3 Å². The van der Waals surface area contributed by atoms with Crippen molar-refractivity contribution in [3.8, 4) is 0 Å². The van der Waals surface area contributed by atoms with E-state index in [0.29, 0.717) is 11.3 Å². The van der Waals surface area contributed by atoms with Crippen LogP contribution in [0, 0.1) is 0 Å². The maximum Gasteiger partial charge on any atom is 0.493 e. The van der Waals surface area contributed by atoms with Gasteiger partial charge in [-0.3, -0.25) is 0 Å². The molecular weight excluding hydrogens is 261 g/mol. The van der Waals surface area contributed by atoms with Gasteiger partial charge in [0.25, 0.3) is 0 Å². The van der Waals surface area contributed by atoms with E-state index in [2.05, 4.69) is 4.84 Å². The molecule has 1 aromatic rings. The SMILES string of the molecule is CC(C)(C)c1cc(N)ccc1NOC(=O)C(F)(F)F. The molecule has 0 fully saturated rings. The first kappa shape index (κ1) is 15.1. The topological polar surface area (TPSA) is 64.3 Å². The van der Waals surface area contributed by atoms with Crippen LogP contribution in [0.3, 0.4) is 0 Å². The molecule has 0 bridgehead atoms. The summed E-state index contributed by atoms with van der Waals surface area (Å²) >= 11 is 0. The van der Waals surface area contributed by atoms with Gasteiger partial charge in [-0.05, 0) is 29.2 Å². The molecule has 0 heterocycles. The Kier molecular flexibility index (Phi) is 3.97. The lowest BCUT2D eigenvalue weighted by Crippen LogP contribution is -2.28. The van der Waals surface area contributed by atoms with Crippen molar-refractivity contribution < 1.29 is 22.8 Å². The quantitative estimate of drug-likeness (QED) is 0.644. The van der Waals surface area contributed by atoms with Crippen LogP contribution >= 0.6 is 0 Å².